The van der Waals surface area contributed by atoms with E-state index in [1.807, 2.05) is 18.2 Å². The molecule has 0 radical (unpaired) electrons. The van der Waals surface area contributed by atoms with Crippen LogP contribution in [-0.4, -0.2) is 43.6 Å². The lowest BCUT2D eigenvalue weighted by Crippen LogP contribution is -2.37. The third kappa shape index (κ3) is 5.74. The first-order chi connectivity index (χ1) is 11.8. The number of piperidine rings is 1. The molecule has 0 amide bonds. The number of halogens is 1. The van der Waals surface area contributed by atoms with Crippen LogP contribution in [0, 0.1) is 5.92 Å². The quantitative estimate of drug-likeness (QED) is 0.404. The highest BCUT2D eigenvalue weighted by molar-refractivity contribution is 14.0. The Morgan fingerprint density at radius 2 is 2.04 bits per heavy atom. The molecule has 1 fully saturated rings. The van der Waals surface area contributed by atoms with Crippen LogP contribution in [0.15, 0.2) is 29.3 Å². The van der Waals surface area contributed by atoms with Gasteiger partial charge in [-0.05, 0) is 50.9 Å². The molecule has 1 unspecified atom stereocenters. The number of para-hydroxylation sites is 1. The lowest BCUT2D eigenvalue weighted by Gasteiger charge is -2.30. The van der Waals surface area contributed by atoms with Gasteiger partial charge in [-0.2, -0.15) is 0 Å². The van der Waals surface area contributed by atoms with Crippen molar-refractivity contribution < 1.29 is 4.74 Å². The summed E-state index contributed by atoms with van der Waals surface area (Å²) in [5.41, 5.74) is 7.29. The van der Waals surface area contributed by atoms with Gasteiger partial charge in [0.1, 0.15) is 5.75 Å². The molecular formula is C19H31IN4O. The lowest BCUT2D eigenvalue weighted by atomic mass is 9.94. The second-order valence-electron chi connectivity index (χ2n) is 6.81. The summed E-state index contributed by atoms with van der Waals surface area (Å²) in [6, 6.07) is 8.35. The lowest BCUT2D eigenvalue weighted by molar-refractivity contribution is 0.188. The number of guanidine groups is 1. The summed E-state index contributed by atoms with van der Waals surface area (Å²) in [5, 5.41) is 3.37. The van der Waals surface area contributed by atoms with Gasteiger partial charge < -0.3 is 20.7 Å². The van der Waals surface area contributed by atoms with Gasteiger partial charge in [0.2, 0.25) is 0 Å². The maximum atomic E-state index is 6.11. The summed E-state index contributed by atoms with van der Waals surface area (Å²) in [5.74, 6) is 2.31. The standard InChI is InChI=1S/C19H30N4O.HI/c1-2-23-12-8-15(9-13-23)7-11-21-19(20)22-17-10-14-24-18-6-4-3-5-16(17)18;/h3-6,15,17H,2,7-14H2,1H3,(H3,20,21,22);1H. The van der Waals surface area contributed by atoms with Gasteiger partial charge in [-0.1, -0.05) is 25.1 Å². The molecule has 1 aromatic rings. The van der Waals surface area contributed by atoms with Crippen LogP contribution in [0.2, 0.25) is 0 Å². The number of hydrogen-bond donors (Lipinski definition) is 2. The first kappa shape index (κ1) is 20.3. The largest absolute Gasteiger partial charge is 0.493 e. The Morgan fingerprint density at radius 1 is 1.28 bits per heavy atom. The molecule has 2 heterocycles. The molecular weight excluding hydrogens is 427 g/mol. The molecule has 3 N–H and O–H groups in total. The number of rotatable bonds is 5. The molecule has 3 rings (SSSR count). The summed E-state index contributed by atoms with van der Waals surface area (Å²) >= 11 is 0. The van der Waals surface area contributed by atoms with Crippen LogP contribution in [-0.2, 0) is 0 Å². The predicted molar refractivity (Wildman–Crippen MR) is 114 cm³/mol. The van der Waals surface area contributed by atoms with Crippen LogP contribution in [0.3, 0.4) is 0 Å². The molecule has 0 aromatic heterocycles. The molecule has 6 heteroatoms. The first-order valence-electron chi connectivity index (χ1n) is 9.26. The van der Waals surface area contributed by atoms with Gasteiger partial charge in [0, 0.05) is 18.5 Å². The molecule has 1 atom stereocenters. The van der Waals surface area contributed by atoms with E-state index >= 15 is 0 Å². The molecule has 0 spiro atoms. The van der Waals surface area contributed by atoms with Gasteiger partial charge in [-0.3, -0.25) is 4.99 Å². The summed E-state index contributed by atoms with van der Waals surface area (Å²) < 4.78 is 5.69. The highest BCUT2D eigenvalue weighted by atomic mass is 127. The average Bonchev–Trinajstić information content (AvgIpc) is 2.63. The van der Waals surface area contributed by atoms with Gasteiger partial charge in [-0.25, -0.2) is 0 Å². The zero-order chi connectivity index (χ0) is 16.8. The second-order valence-corrected chi connectivity index (χ2v) is 6.81. The fraction of sp³-hybridized carbons (Fsp3) is 0.632. The maximum absolute atomic E-state index is 6.11. The maximum Gasteiger partial charge on any atom is 0.189 e. The molecule has 0 bridgehead atoms. The molecule has 2 aliphatic heterocycles. The smallest absolute Gasteiger partial charge is 0.189 e. The second kappa shape index (κ2) is 10.2. The van der Waals surface area contributed by atoms with E-state index in [9.17, 15) is 0 Å². The molecule has 1 saturated heterocycles. The zero-order valence-electron chi connectivity index (χ0n) is 15.1. The van der Waals surface area contributed by atoms with Crippen molar-refractivity contribution in [1.82, 2.24) is 10.2 Å². The first-order valence-corrected chi connectivity index (χ1v) is 9.26. The van der Waals surface area contributed by atoms with E-state index < -0.39 is 0 Å². The minimum Gasteiger partial charge on any atom is -0.493 e. The van der Waals surface area contributed by atoms with Crippen molar-refractivity contribution in [2.45, 2.75) is 38.6 Å². The fourth-order valence-electron chi connectivity index (χ4n) is 3.68. The third-order valence-corrected chi connectivity index (χ3v) is 5.25. The Balaban J connectivity index is 0.00000225. The zero-order valence-corrected chi connectivity index (χ0v) is 17.4. The molecule has 25 heavy (non-hydrogen) atoms. The number of nitrogens with two attached hydrogens (primary N) is 1. The van der Waals surface area contributed by atoms with Crippen LogP contribution in [0.4, 0.5) is 0 Å². The fourth-order valence-corrected chi connectivity index (χ4v) is 3.68. The minimum atomic E-state index is 0. The number of aliphatic imine (C=N–C) groups is 1. The van der Waals surface area contributed by atoms with Crippen molar-refractivity contribution in [2.75, 3.05) is 32.8 Å². The van der Waals surface area contributed by atoms with E-state index in [2.05, 4.69) is 28.2 Å². The van der Waals surface area contributed by atoms with E-state index in [0.717, 1.165) is 37.7 Å². The topological polar surface area (TPSA) is 62.9 Å². The van der Waals surface area contributed by atoms with Gasteiger partial charge in [0.15, 0.2) is 5.96 Å². The van der Waals surface area contributed by atoms with Crippen molar-refractivity contribution in [3.63, 3.8) is 0 Å². The Morgan fingerprint density at radius 3 is 2.80 bits per heavy atom. The van der Waals surface area contributed by atoms with Crippen molar-refractivity contribution in [3.8, 4) is 5.75 Å². The van der Waals surface area contributed by atoms with Crippen molar-refractivity contribution >= 4 is 29.9 Å². The van der Waals surface area contributed by atoms with Gasteiger partial charge in [0.05, 0.1) is 12.6 Å². The molecule has 2 aliphatic rings. The highest BCUT2D eigenvalue weighted by Gasteiger charge is 2.21. The van der Waals surface area contributed by atoms with E-state index in [-0.39, 0.29) is 30.0 Å². The van der Waals surface area contributed by atoms with Crippen molar-refractivity contribution in [1.29, 1.82) is 0 Å². The van der Waals surface area contributed by atoms with Crippen LogP contribution < -0.4 is 15.8 Å². The van der Waals surface area contributed by atoms with Gasteiger partial charge in [0.25, 0.3) is 0 Å². The van der Waals surface area contributed by atoms with E-state index in [1.165, 1.54) is 38.0 Å². The van der Waals surface area contributed by atoms with Gasteiger partial charge >= 0.3 is 0 Å². The monoisotopic (exact) mass is 458 g/mol. The number of likely N-dealkylation sites (tertiary alicyclic amines) is 1. The van der Waals surface area contributed by atoms with Crippen LogP contribution >= 0.6 is 24.0 Å². The Bertz CT molecular complexity index is 558. The van der Waals surface area contributed by atoms with E-state index in [0.29, 0.717) is 5.96 Å². The number of hydrogen-bond acceptors (Lipinski definition) is 3. The van der Waals surface area contributed by atoms with Crippen molar-refractivity contribution in [3.05, 3.63) is 29.8 Å². The third-order valence-electron chi connectivity index (χ3n) is 5.25. The Labute approximate surface area is 168 Å². The van der Waals surface area contributed by atoms with E-state index in [4.69, 9.17) is 10.5 Å². The van der Waals surface area contributed by atoms with Gasteiger partial charge in [-0.15, -0.1) is 24.0 Å². The molecule has 5 nitrogen and oxygen atoms in total. The number of ether oxygens (including phenoxy) is 1. The summed E-state index contributed by atoms with van der Waals surface area (Å²) in [6.07, 6.45) is 4.65. The Hall–Kier alpha value is -1.02. The number of nitrogens with zero attached hydrogens (tertiary/aromatic N) is 2. The number of benzene rings is 1. The molecule has 0 aliphatic carbocycles. The molecule has 1 aromatic carbocycles. The summed E-state index contributed by atoms with van der Waals surface area (Å²) in [4.78, 5) is 7.08. The normalized spacial score (nSPS) is 21.8. The predicted octanol–water partition coefficient (Wildman–Crippen LogP) is 3.15. The molecule has 140 valence electrons. The summed E-state index contributed by atoms with van der Waals surface area (Å²) in [6.45, 7) is 7.42. The SMILES string of the molecule is CCN1CCC(CCN=C(N)NC2CCOc3ccccc32)CC1.I. The highest BCUT2D eigenvalue weighted by Crippen LogP contribution is 2.31. The van der Waals surface area contributed by atoms with Crippen molar-refractivity contribution in [2.24, 2.45) is 16.6 Å². The minimum absolute atomic E-state index is 0. The van der Waals surface area contributed by atoms with Crippen LogP contribution in [0.25, 0.3) is 0 Å². The number of nitrogens with one attached hydrogen (secondary N) is 1. The summed E-state index contributed by atoms with van der Waals surface area (Å²) in [7, 11) is 0. The molecule has 0 saturated carbocycles. The van der Waals surface area contributed by atoms with Crippen LogP contribution in [0.1, 0.15) is 44.2 Å². The Kier molecular flexibility index (Phi) is 8.29. The van der Waals surface area contributed by atoms with E-state index in [1.54, 1.807) is 0 Å². The number of fused-ring (bicyclic) bond motifs is 1. The van der Waals surface area contributed by atoms with Crippen LogP contribution in [0.5, 0.6) is 5.75 Å². The average molecular weight is 458 g/mol.